The number of nitrogens with one attached hydrogen (secondary N) is 2. The van der Waals surface area contributed by atoms with E-state index in [0.29, 0.717) is 38.0 Å². The van der Waals surface area contributed by atoms with Gasteiger partial charge in [0, 0.05) is 36.2 Å². The van der Waals surface area contributed by atoms with Gasteiger partial charge in [-0.05, 0) is 50.5 Å². The zero-order valence-corrected chi connectivity index (χ0v) is 18.8. The van der Waals surface area contributed by atoms with Gasteiger partial charge in [-0.3, -0.25) is 9.59 Å². The maximum Gasteiger partial charge on any atom is 0.240 e. The van der Waals surface area contributed by atoms with Crippen molar-refractivity contribution >= 4 is 27.5 Å². The van der Waals surface area contributed by atoms with Gasteiger partial charge < -0.3 is 10.2 Å². The normalized spacial score (nSPS) is 17.1. The fourth-order valence-corrected chi connectivity index (χ4v) is 4.52. The van der Waals surface area contributed by atoms with Gasteiger partial charge in [-0.25, -0.2) is 13.1 Å². The highest BCUT2D eigenvalue weighted by Crippen LogP contribution is 2.25. The van der Waals surface area contributed by atoms with Crippen LogP contribution in [0.2, 0.25) is 0 Å². The van der Waals surface area contributed by atoms with Gasteiger partial charge in [0.1, 0.15) is 0 Å². The van der Waals surface area contributed by atoms with Gasteiger partial charge in [0.05, 0.1) is 4.90 Å². The van der Waals surface area contributed by atoms with Crippen molar-refractivity contribution in [1.29, 1.82) is 0 Å². The zero-order chi connectivity index (χ0) is 21.8. The lowest BCUT2D eigenvalue weighted by Crippen LogP contribution is -2.45. The number of hydrogen-bond acceptors (Lipinski definition) is 4. The Morgan fingerprint density at radius 2 is 1.69 bits per heavy atom. The SMILES string of the molecule is CCC(C)NS(=O)(=O)c1ccc(NC(=O)C2CCN(C(=O)C(C)(C)C)CC2)cc1. The first-order valence-electron chi connectivity index (χ1n) is 10.2. The number of sulfonamides is 1. The lowest BCUT2D eigenvalue weighted by molar-refractivity contribution is -0.142. The van der Waals surface area contributed by atoms with Crippen LogP contribution in [0.5, 0.6) is 0 Å². The van der Waals surface area contributed by atoms with Crippen molar-refractivity contribution in [3.63, 3.8) is 0 Å². The number of nitrogens with zero attached hydrogens (tertiary/aromatic N) is 1. The molecule has 1 fully saturated rings. The standard InChI is InChI=1S/C21H33N3O4S/c1-6-15(2)23-29(27,28)18-9-7-17(8-10-18)22-19(25)16-11-13-24(14-12-16)20(26)21(3,4)5/h7-10,15-16,23H,6,11-14H2,1-5H3,(H,22,25). The van der Waals surface area contributed by atoms with Gasteiger partial charge in [-0.2, -0.15) is 0 Å². The minimum Gasteiger partial charge on any atom is -0.342 e. The Labute approximate surface area is 174 Å². The topological polar surface area (TPSA) is 95.6 Å². The lowest BCUT2D eigenvalue weighted by Gasteiger charge is -2.35. The van der Waals surface area contributed by atoms with Crippen LogP contribution in [-0.2, 0) is 19.6 Å². The van der Waals surface area contributed by atoms with E-state index in [9.17, 15) is 18.0 Å². The summed E-state index contributed by atoms with van der Waals surface area (Å²) in [7, 11) is -3.56. The average molecular weight is 424 g/mol. The van der Waals surface area contributed by atoms with Crippen LogP contribution in [0.25, 0.3) is 0 Å². The number of amides is 2. The van der Waals surface area contributed by atoms with Gasteiger partial charge >= 0.3 is 0 Å². The number of anilines is 1. The molecule has 0 radical (unpaired) electrons. The second kappa shape index (κ2) is 9.26. The summed E-state index contributed by atoms with van der Waals surface area (Å²) in [6.45, 7) is 10.6. The smallest absolute Gasteiger partial charge is 0.240 e. The van der Waals surface area contributed by atoms with Crippen molar-refractivity contribution in [3.8, 4) is 0 Å². The molecular formula is C21H33N3O4S. The van der Waals surface area contributed by atoms with Crippen LogP contribution in [0.15, 0.2) is 29.2 Å². The average Bonchev–Trinajstić information content (AvgIpc) is 2.66. The first kappa shape index (κ1) is 23.3. The van der Waals surface area contributed by atoms with Gasteiger partial charge in [0.25, 0.3) is 0 Å². The third kappa shape index (κ3) is 6.27. The van der Waals surface area contributed by atoms with Crippen LogP contribution in [0.3, 0.4) is 0 Å². The Balaban J connectivity index is 1.93. The van der Waals surface area contributed by atoms with E-state index in [-0.39, 0.29) is 28.7 Å². The highest BCUT2D eigenvalue weighted by molar-refractivity contribution is 7.89. The third-order valence-corrected chi connectivity index (χ3v) is 6.80. The van der Waals surface area contributed by atoms with Crippen molar-refractivity contribution in [2.75, 3.05) is 18.4 Å². The number of likely N-dealkylation sites (tertiary alicyclic amines) is 1. The molecular weight excluding hydrogens is 390 g/mol. The molecule has 1 saturated heterocycles. The molecule has 1 heterocycles. The summed E-state index contributed by atoms with van der Waals surface area (Å²) in [5.74, 6) is -0.144. The van der Waals surface area contributed by atoms with Crippen LogP contribution < -0.4 is 10.0 Å². The number of carbonyl (C=O) groups excluding carboxylic acids is 2. The molecule has 162 valence electrons. The van der Waals surface area contributed by atoms with Crippen molar-refractivity contribution in [3.05, 3.63) is 24.3 Å². The van der Waals surface area contributed by atoms with Gasteiger partial charge in [0.2, 0.25) is 21.8 Å². The van der Waals surface area contributed by atoms with Crippen molar-refractivity contribution < 1.29 is 18.0 Å². The molecule has 1 aliphatic rings. The predicted octanol–water partition coefficient (Wildman–Crippen LogP) is 2.99. The third-order valence-electron chi connectivity index (χ3n) is 5.20. The number of hydrogen-bond donors (Lipinski definition) is 2. The summed E-state index contributed by atoms with van der Waals surface area (Å²) in [5.41, 5.74) is 0.145. The fraction of sp³-hybridized carbons (Fsp3) is 0.619. The molecule has 1 aliphatic heterocycles. The summed E-state index contributed by atoms with van der Waals surface area (Å²) >= 11 is 0. The first-order valence-corrected chi connectivity index (χ1v) is 11.6. The Morgan fingerprint density at radius 1 is 1.14 bits per heavy atom. The summed E-state index contributed by atoms with van der Waals surface area (Å²) < 4.78 is 27.2. The maximum atomic E-state index is 12.6. The Morgan fingerprint density at radius 3 is 2.17 bits per heavy atom. The zero-order valence-electron chi connectivity index (χ0n) is 18.0. The first-order chi connectivity index (χ1) is 13.4. The molecule has 1 aromatic carbocycles. The molecule has 1 aromatic rings. The minimum atomic E-state index is -3.56. The van der Waals surface area contributed by atoms with E-state index in [4.69, 9.17) is 0 Å². The van der Waals surface area contributed by atoms with Crippen LogP contribution >= 0.6 is 0 Å². The summed E-state index contributed by atoms with van der Waals surface area (Å²) in [5, 5.41) is 2.86. The van der Waals surface area contributed by atoms with Gasteiger partial charge in [-0.15, -0.1) is 0 Å². The molecule has 1 atom stereocenters. The molecule has 29 heavy (non-hydrogen) atoms. The molecule has 8 heteroatoms. The molecule has 0 bridgehead atoms. The van der Waals surface area contributed by atoms with E-state index < -0.39 is 15.4 Å². The summed E-state index contributed by atoms with van der Waals surface area (Å²) in [6.07, 6.45) is 1.95. The van der Waals surface area contributed by atoms with Gasteiger partial charge in [0.15, 0.2) is 0 Å². The highest BCUT2D eigenvalue weighted by atomic mass is 32.2. The largest absolute Gasteiger partial charge is 0.342 e. The molecule has 2 rings (SSSR count). The molecule has 0 spiro atoms. The van der Waals surface area contributed by atoms with E-state index in [2.05, 4.69) is 10.0 Å². The molecule has 0 aromatic heterocycles. The van der Waals surface area contributed by atoms with Crippen molar-refractivity contribution in [2.24, 2.45) is 11.3 Å². The molecule has 7 nitrogen and oxygen atoms in total. The van der Waals surface area contributed by atoms with Crippen LogP contribution in [0.4, 0.5) is 5.69 Å². The predicted molar refractivity (Wildman–Crippen MR) is 114 cm³/mol. The van der Waals surface area contributed by atoms with E-state index in [1.807, 2.05) is 39.5 Å². The summed E-state index contributed by atoms with van der Waals surface area (Å²) in [4.78, 5) is 26.9. The second-order valence-corrected chi connectivity index (χ2v) is 10.5. The number of piperidine rings is 1. The summed E-state index contributed by atoms with van der Waals surface area (Å²) in [6, 6.07) is 6.04. The van der Waals surface area contributed by atoms with Crippen molar-refractivity contribution in [1.82, 2.24) is 9.62 Å². The van der Waals surface area contributed by atoms with Gasteiger partial charge in [-0.1, -0.05) is 27.7 Å². The number of benzene rings is 1. The lowest BCUT2D eigenvalue weighted by atomic mass is 9.90. The Bertz CT molecular complexity index is 820. The van der Waals surface area contributed by atoms with E-state index in [1.54, 1.807) is 12.1 Å². The molecule has 2 N–H and O–H groups in total. The maximum absolute atomic E-state index is 12.6. The number of carbonyl (C=O) groups is 2. The number of rotatable bonds is 6. The highest BCUT2D eigenvalue weighted by Gasteiger charge is 2.32. The fourth-order valence-electron chi connectivity index (χ4n) is 3.20. The second-order valence-electron chi connectivity index (χ2n) is 8.76. The van der Waals surface area contributed by atoms with Crippen LogP contribution in [-0.4, -0.2) is 44.3 Å². The quantitative estimate of drug-likeness (QED) is 0.735. The molecule has 0 saturated carbocycles. The monoisotopic (exact) mass is 423 g/mol. The molecule has 1 unspecified atom stereocenters. The van der Waals surface area contributed by atoms with Crippen molar-refractivity contribution in [2.45, 2.75) is 64.8 Å². The van der Waals surface area contributed by atoms with E-state index in [1.165, 1.54) is 12.1 Å². The van der Waals surface area contributed by atoms with E-state index >= 15 is 0 Å². The molecule has 0 aliphatic carbocycles. The minimum absolute atomic E-state index is 0.0961. The van der Waals surface area contributed by atoms with Crippen LogP contribution in [0, 0.1) is 11.3 Å². The molecule has 2 amide bonds. The Kier molecular flexibility index (Phi) is 7.45. The Hall–Kier alpha value is -1.93. The van der Waals surface area contributed by atoms with Crippen LogP contribution in [0.1, 0.15) is 53.9 Å². The van der Waals surface area contributed by atoms with E-state index in [0.717, 1.165) is 0 Å².